The molecule has 7 heteroatoms. The number of aromatic amines is 1. The first-order chi connectivity index (χ1) is 10.4. The zero-order valence-electron chi connectivity index (χ0n) is 12.4. The predicted molar refractivity (Wildman–Crippen MR) is 76.2 cm³/mol. The standard InChI is InChI=1S/C15H17F2N3O2/c1-9-3-4-12(14(17)13(9)16)15(22)20(5-6-21)8-11-7-18-10(2)19-11/h3-4,7,21H,5-6,8H2,1-2H3,(H,18,19). The average Bonchev–Trinajstić information content (AvgIpc) is 2.89. The molecule has 1 heterocycles. The van der Waals surface area contributed by atoms with Gasteiger partial charge in [-0.3, -0.25) is 4.79 Å². The van der Waals surface area contributed by atoms with Crippen LogP contribution in [0.5, 0.6) is 0 Å². The lowest BCUT2D eigenvalue weighted by Gasteiger charge is -2.21. The second-order valence-corrected chi connectivity index (χ2v) is 5.00. The van der Waals surface area contributed by atoms with Crippen LogP contribution in [0.2, 0.25) is 0 Å². The van der Waals surface area contributed by atoms with E-state index in [1.165, 1.54) is 24.0 Å². The molecule has 1 aromatic carbocycles. The molecule has 1 amide bonds. The molecule has 118 valence electrons. The summed E-state index contributed by atoms with van der Waals surface area (Å²) in [7, 11) is 0. The topological polar surface area (TPSA) is 69.2 Å². The molecule has 0 aliphatic rings. The van der Waals surface area contributed by atoms with Crippen molar-refractivity contribution < 1.29 is 18.7 Å². The summed E-state index contributed by atoms with van der Waals surface area (Å²) in [6, 6.07) is 2.60. The Morgan fingerprint density at radius 1 is 1.32 bits per heavy atom. The predicted octanol–water partition coefficient (Wildman–Crippen LogP) is 1.94. The summed E-state index contributed by atoms with van der Waals surface area (Å²) in [5, 5.41) is 9.10. The third kappa shape index (κ3) is 3.30. The first-order valence-electron chi connectivity index (χ1n) is 6.79. The summed E-state index contributed by atoms with van der Waals surface area (Å²) in [5.41, 5.74) is 0.423. The van der Waals surface area contributed by atoms with Gasteiger partial charge in [0.2, 0.25) is 0 Å². The van der Waals surface area contributed by atoms with Crippen molar-refractivity contribution in [2.75, 3.05) is 13.2 Å². The Balaban J connectivity index is 2.28. The second kappa shape index (κ2) is 6.65. The third-order valence-corrected chi connectivity index (χ3v) is 3.28. The van der Waals surface area contributed by atoms with Gasteiger partial charge in [-0.2, -0.15) is 0 Å². The van der Waals surface area contributed by atoms with Crippen LogP contribution < -0.4 is 0 Å². The second-order valence-electron chi connectivity index (χ2n) is 5.00. The maximum absolute atomic E-state index is 14.0. The number of amides is 1. The zero-order valence-corrected chi connectivity index (χ0v) is 12.4. The number of H-pyrrole nitrogens is 1. The van der Waals surface area contributed by atoms with Crippen LogP contribution in [0.25, 0.3) is 0 Å². The van der Waals surface area contributed by atoms with Crippen LogP contribution in [-0.2, 0) is 6.54 Å². The highest BCUT2D eigenvalue weighted by molar-refractivity contribution is 5.94. The number of aliphatic hydroxyl groups is 1. The van der Waals surface area contributed by atoms with E-state index in [4.69, 9.17) is 5.11 Å². The Labute approximate surface area is 126 Å². The van der Waals surface area contributed by atoms with Crippen LogP contribution in [0, 0.1) is 25.5 Å². The fourth-order valence-electron chi connectivity index (χ4n) is 2.11. The quantitative estimate of drug-likeness (QED) is 0.887. The molecule has 22 heavy (non-hydrogen) atoms. The van der Waals surface area contributed by atoms with Crippen molar-refractivity contribution in [3.05, 3.63) is 52.6 Å². The van der Waals surface area contributed by atoms with E-state index in [1.807, 2.05) is 0 Å². The molecule has 0 spiro atoms. The first-order valence-corrected chi connectivity index (χ1v) is 6.79. The minimum Gasteiger partial charge on any atom is -0.395 e. The Hall–Kier alpha value is -2.28. The van der Waals surface area contributed by atoms with Gasteiger partial charge >= 0.3 is 0 Å². The first kappa shape index (κ1) is 16.1. The number of nitrogens with one attached hydrogen (secondary N) is 1. The molecule has 2 aromatic rings. The summed E-state index contributed by atoms with van der Waals surface area (Å²) in [6.07, 6.45) is 1.55. The van der Waals surface area contributed by atoms with Crippen LogP contribution in [-0.4, -0.2) is 39.0 Å². The van der Waals surface area contributed by atoms with Gasteiger partial charge in [-0.1, -0.05) is 6.07 Å². The number of hydrogen-bond donors (Lipinski definition) is 2. The molecule has 2 N–H and O–H groups in total. The van der Waals surface area contributed by atoms with Gasteiger partial charge in [-0.15, -0.1) is 0 Å². The fraction of sp³-hybridized carbons (Fsp3) is 0.333. The number of hydrogen-bond acceptors (Lipinski definition) is 3. The molecular formula is C15H17F2N3O2. The molecule has 0 atom stereocenters. The Morgan fingerprint density at radius 2 is 2.05 bits per heavy atom. The number of nitrogens with zero attached hydrogens (tertiary/aromatic N) is 2. The molecule has 0 fully saturated rings. The molecule has 0 aliphatic carbocycles. The molecule has 0 unspecified atom stereocenters. The van der Waals surface area contributed by atoms with E-state index in [9.17, 15) is 13.6 Å². The molecule has 0 aliphatic heterocycles. The van der Waals surface area contributed by atoms with Crippen molar-refractivity contribution >= 4 is 5.91 Å². The van der Waals surface area contributed by atoms with E-state index in [1.54, 1.807) is 13.1 Å². The van der Waals surface area contributed by atoms with E-state index >= 15 is 0 Å². The third-order valence-electron chi connectivity index (χ3n) is 3.28. The average molecular weight is 309 g/mol. The maximum Gasteiger partial charge on any atom is 0.257 e. The van der Waals surface area contributed by atoms with Gasteiger partial charge in [0.25, 0.3) is 5.91 Å². The molecule has 1 aromatic heterocycles. The summed E-state index contributed by atoms with van der Waals surface area (Å²) >= 11 is 0. The molecule has 2 rings (SSSR count). The van der Waals surface area contributed by atoms with Crippen molar-refractivity contribution in [3.8, 4) is 0 Å². The highest BCUT2D eigenvalue weighted by Gasteiger charge is 2.22. The number of carbonyl (C=O) groups excluding carboxylic acids is 1. The Bertz CT molecular complexity index is 685. The highest BCUT2D eigenvalue weighted by atomic mass is 19.2. The van der Waals surface area contributed by atoms with Crippen LogP contribution in [0.1, 0.15) is 27.4 Å². The monoisotopic (exact) mass is 309 g/mol. The van der Waals surface area contributed by atoms with Crippen molar-refractivity contribution in [1.82, 2.24) is 14.9 Å². The van der Waals surface area contributed by atoms with Gasteiger partial charge < -0.3 is 15.0 Å². The summed E-state index contributed by atoms with van der Waals surface area (Å²) in [6.45, 7) is 3.03. The van der Waals surface area contributed by atoms with Gasteiger partial charge in [-0.05, 0) is 25.5 Å². The minimum atomic E-state index is -1.17. The normalized spacial score (nSPS) is 10.8. The van der Waals surface area contributed by atoms with Gasteiger partial charge in [0.05, 0.1) is 30.6 Å². The van der Waals surface area contributed by atoms with Crippen LogP contribution >= 0.6 is 0 Å². The van der Waals surface area contributed by atoms with Gasteiger partial charge in [0, 0.05) is 6.54 Å². The number of aliphatic hydroxyl groups excluding tert-OH is 1. The van der Waals surface area contributed by atoms with Crippen LogP contribution in [0.4, 0.5) is 8.78 Å². The summed E-state index contributed by atoms with van der Waals surface area (Å²) in [4.78, 5) is 20.6. The van der Waals surface area contributed by atoms with E-state index in [0.29, 0.717) is 11.5 Å². The lowest BCUT2D eigenvalue weighted by Crippen LogP contribution is -2.34. The lowest BCUT2D eigenvalue weighted by atomic mass is 10.1. The van der Waals surface area contributed by atoms with E-state index in [2.05, 4.69) is 9.97 Å². The van der Waals surface area contributed by atoms with Crippen LogP contribution in [0.15, 0.2) is 18.3 Å². The molecule has 0 saturated heterocycles. The molecular weight excluding hydrogens is 292 g/mol. The molecule has 0 bridgehead atoms. The largest absolute Gasteiger partial charge is 0.395 e. The van der Waals surface area contributed by atoms with Crippen molar-refractivity contribution in [2.24, 2.45) is 0 Å². The van der Waals surface area contributed by atoms with E-state index in [-0.39, 0.29) is 30.8 Å². The lowest BCUT2D eigenvalue weighted by molar-refractivity contribution is 0.0700. The summed E-state index contributed by atoms with van der Waals surface area (Å²) < 4.78 is 27.6. The Kier molecular flexibility index (Phi) is 4.87. The number of rotatable bonds is 5. The number of halogens is 2. The van der Waals surface area contributed by atoms with Crippen molar-refractivity contribution in [3.63, 3.8) is 0 Å². The van der Waals surface area contributed by atoms with Crippen molar-refractivity contribution in [2.45, 2.75) is 20.4 Å². The minimum absolute atomic E-state index is 0.00579. The molecule has 0 saturated carbocycles. The number of carbonyl (C=O) groups is 1. The van der Waals surface area contributed by atoms with Gasteiger partial charge in [-0.25, -0.2) is 13.8 Å². The summed E-state index contributed by atoms with van der Waals surface area (Å²) in [5.74, 6) is -2.21. The Morgan fingerprint density at radius 3 is 2.64 bits per heavy atom. The van der Waals surface area contributed by atoms with E-state index < -0.39 is 17.5 Å². The highest BCUT2D eigenvalue weighted by Crippen LogP contribution is 2.18. The van der Waals surface area contributed by atoms with Gasteiger partial charge in [0.1, 0.15) is 5.82 Å². The number of imidazole rings is 1. The number of aryl methyl sites for hydroxylation is 2. The van der Waals surface area contributed by atoms with Crippen molar-refractivity contribution in [1.29, 1.82) is 0 Å². The van der Waals surface area contributed by atoms with E-state index in [0.717, 1.165) is 0 Å². The zero-order chi connectivity index (χ0) is 16.3. The fourth-order valence-corrected chi connectivity index (χ4v) is 2.11. The number of benzene rings is 1. The SMILES string of the molecule is Cc1ncc(CN(CCO)C(=O)c2ccc(C)c(F)c2F)[nH]1. The van der Waals surface area contributed by atoms with Gasteiger partial charge in [0.15, 0.2) is 11.6 Å². The molecule has 0 radical (unpaired) electrons. The molecule has 5 nitrogen and oxygen atoms in total. The maximum atomic E-state index is 14.0. The number of aromatic nitrogens is 2. The smallest absolute Gasteiger partial charge is 0.257 e. The van der Waals surface area contributed by atoms with Crippen LogP contribution in [0.3, 0.4) is 0 Å².